The monoisotopic (exact) mass is 523 g/mol. The Hall–Kier alpha value is -2.94. The lowest BCUT2D eigenvalue weighted by atomic mass is 10.0. The molecule has 196 valence electrons. The van der Waals surface area contributed by atoms with Crippen molar-refractivity contribution < 1.29 is 14.7 Å². The smallest absolute Gasteiger partial charge is 0.287 e. The summed E-state index contributed by atoms with van der Waals surface area (Å²) in [5.74, 6) is -0.0708. The third-order valence-electron chi connectivity index (χ3n) is 7.49. The van der Waals surface area contributed by atoms with E-state index >= 15 is 0 Å². The Morgan fingerprint density at radius 3 is 2.46 bits per heavy atom. The Balaban J connectivity index is 1.43. The zero-order valence-electron chi connectivity index (χ0n) is 21.4. The lowest BCUT2D eigenvalue weighted by molar-refractivity contribution is 0.00601. The molecule has 0 atom stereocenters. The van der Waals surface area contributed by atoms with E-state index in [1.807, 2.05) is 41.0 Å². The number of hydrogen-bond donors (Lipinski definition) is 2. The van der Waals surface area contributed by atoms with Gasteiger partial charge in [0.15, 0.2) is 5.82 Å². The molecule has 2 N–H and O–H groups in total. The number of carbonyl (C=O) groups is 2. The number of nitrogens with one attached hydrogen (secondary N) is 1. The summed E-state index contributed by atoms with van der Waals surface area (Å²) in [5, 5.41) is 13.6. The van der Waals surface area contributed by atoms with Gasteiger partial charge in [0.25, 0.3) is 11.8 Å². The van der Waals surface area contributed by atoms with Crippen LogP contribution < -0.4 is 5.32 Å². The average Bonchev–Trinajstić information content (AvgIpc) is 3.25. The molecule has 2 amide bonds. The number of aliphatic hydroxyl groups excluding tert-OH is 1. The number of aryl methyl sites for hydroxylation is 2. The van der Waals surface area contributed by atoms with E-state index in [-0.39, 0.29) is 17.9 Å². The fourth-order valence-corrected chi connectivity index (χ4v) is 5.34. The molecule has 2 aromatic carbocycles. The molecule has 2 fully saturated rings. The number of likely N-dealkylation sites (tertiary alicyclic amines) is 2. The van der Waals surface area contributed by atoms with E-state index in [0.29, 0.717) is 54.0 Å². The van der Waals surface area contributed by atoms with Crippen molar-refractivity contribution in [3.05, 3.63) is 64.4 Å². The van der Waals surface area contributed by atoms with Crippen molar-refractivity contribution in [3.8, 4) is 0 Å². The van der Waals surface area contributed by atoms with Gasteiger partial charge in [0.2, 0.25) is 0 Å². The lowest BCUT2D eigenvalue weighted by Crippen LogP contribution is -2.53. The third-order valence-corrected chi connectivity index (χ3v) is 7.75. The largest absolute Gasteiger partial charge is 0.389 e. The van der Waals surface area contributed by atoms with E-state index in [4.69, 9.17) is 16.6 Å². The number of rotatable bonds is 7. The summed E-state index contributed by atoms with van der Waals surface area (Å²) < 4.78 is 1.92. The standard InChI is InChI=1S/C28H34ClN5O3/c1-18(2)32-13-11-21(12-14-32)30-27(36)26-31-25-23(28(37)33-16-22(35)17-33)4-3-5-24(25)34(26)15-10-19-6-8-20(29)9-7-19/h3-9,18,21-22,35H,10-17H2,1-2H3,(H,30,36). The number of aliphatic hydroxyl groups is 1. The predicted octanol–water partition coefficient (Wildman–Crippen LogP) is 3.35. The zero-order valence-corrected chi connectivity index (χ0v) is 22.1. The number of β-amino-alcohol motifs (C(OH)–C–C–N with tert-alkyl or cyclic N) is 1. The normalized spacial score (nSPS) is 17.4. The van der Waals surface area contributed by atoms with Gasteiger partial charge in [-0.2, -0.15) is 0 Å². The van der Waals surface area contributed by atoms with E-state index in [1.54, 1.807) is 11.0 Å². The topological polar surface area (TPSA) is 90.7 Å². The van der Waals surface area contributed by atoms with Crippen LogP contribution in [0.25, 0.3) is 11.0 Å². The predicted molar refractivity (Wildman–Crippen MR) is 144 cm³/mol. The second-order valence-electron chi connectivity index (χ2n) is 10.4. The van der Waals surface area contributed by atoms with Crippen LogP contribution in [0.2, 0.25) is 5.02 Å². The van der Waals surface area contributed by atoms with E-state index < -0.39 is 6.10 Å². The minimum atomic E-state index is -0.483. The molecule has 0 radical (unpaired) electrons. The van der Waals surface area contributed by atoms with Crippen molar-refractivity contribution in [3.63, 3.8) is 0 Å². The number of para-hydroxylation sites is 1. The molecule has 2 aliphatic heterocycles. The van der Waals surface area contributed by atoms with Crippen molar-refractivity contribution in [2.24, 2.45) is 0 Å². The number of nitrogens with zero attached hydrogens (tertiary/aromatic N) is 4. The van der Waals surface area contributed by atoms with Gasteiger partial charge in [0.05, 0.1) is 17.2 Å². The number of imidazole rings is 1. The highest BCUT2D eigenvalue weighted by atomic mass is 35.5. The first-order chi connectivity index (χ1) is 17.8. The van der Waals surface area contributed by atoms with Gasteiger partial charge in [-0.1, -0.05) is 29.8 Å². The molecule has 0 aliphatic carbocycles. The molecule has 5 rings (SSSR count). The SMILES string of the molecule is CC(C)N1CCC(NC(=O)c2nc3c(C(=O)N4CC(O)C4)cccc3n2CCc2ccc(Cl)cc2)CC1. The third kappa shape index (κ3) is 5.51. The van der Waals surface area contributed by atoms with Crippen LogP contribution in [0.5, 0.6) is 0 Å². The van der Waals surface area contributed by atoms with E-state index in [9.17, 15) is 14.7 Å². The first-order valence-electron chi connectivity index (χ1n) is 13.1. The summed E-state index contributed by atoms with van der Waals surface area (Å²) in [5.41, 5.74) is 2.82. The summed E-state index contributed by atoms with van der Waals surface area (Å²) in [4.78, 5) is 35.5. The number of piperidine rings is 1. The Labute approximate surface area is 222 Å². The molecule has 2 aliphatic rings. The molecule has 8 nitrogen and oxygen atoms in total. The summed E-state index contributed by atoms with van der Waals surface area (Å²) in [7, 11) is 0. The van der Waals surface area contributed by atoms with Crippen LogP contribution >= 0.6 is 11.6 Å². The van der Waals surface area contributed by atoms with Gasteiger partial charge in [-0.3, -0.25) is 9.59 Å². The maximum absolute atomic E-state index is 13.5. The van der Waals surface area contributed by atoms with Crippen molar-refractivity contribution in [2.45, 2.75) is 57.8 Å². The van der Waals surface area contributed by atoms with Crippen molar-refractivity contribution in [1.82, 2.24) is 24.7 Å². The molecule has 0 spiro atoms. The van der Waals surface area contributed by atoms with Crippen LogP contribution in [0, 0.1) is 0 Å². The highest BCUT2D eigenvalue weighted by Crippen LogP contribution is 2.25. The maximum Gasteiger partial charge on any atom is 0.287 e. The fraction of sp³-hybridized carbons (Fsp3) is 0.464. The quantitative estimate of drug-likeness (QED) is 0.495. The molecule has 3 aromatic rings. The van der Waals surface area contributed by atoms with Gasteiger partial charge >= 0.3 is 0 Å². The van der Waals surface area contributed by atoms with Crippen molar-refractivity contribution >= 4 is 34.4 Å². The van der Waals surface area contributed by atoms with Crippen LogP contribution in [0.15, 0.2) is 42.5 Å². The molecule has 0 bridgehead atoms. The maximum atomic E-state index is 13.5. The first kappa shape index (κ1) is 25.7. The Bertz CT molecular complexity index is 1270. The second kappa shape index (κ2) is 10.8. The van der Waals surface area contributed by atoms with Crippen LogP contribution in [-0.4, -0.2) is 80.6 Å². The number of halogens is 1. The Kier molecular flexibility index (Phi) is 7.51. The minimum absolute atomic E-state index is 0.0932. The number of aromatic nitrogens is 2. The molecule has 3 heterocycles. The first-order valence-corrected chi connectivity index (χ1v) is 13.4. The van der Waals surface area contributed by atoms with Gasteiger partial charge in [0, 0.05) is 49.8 Å². The lowest BCUT2D eigenvalue weighted by Gasteiger charge is -2.35. The summed E-state index contributed by atoms with van der Waals surface area (Å²) >= 11 is 6.05. The molecule has 0 unspecified atom stereocenters. The molecule has 9 heteroatoms. The molecule has 0 saturated carbocycles. The highest BCUT2D eigenvalue weighted by Gasteiger charge is 2.32. The van der Waals surface area contributed by atoms with Crippen LogP contribution in [0.4, 0.5) is 0 Å². The number of amides is 2. The Morgan fingerprint density at radius 2 is 1.81 bits per heavy atom. The Morgan fingerprint density at radius 1 is 1.11 bits per heavy atom. The highest BCUT2D eigenvalue weighted by molar-refractivity contribution is 6.30. The van der Waals surface area contributed by atoms with Crippen molar-refractivity contribution in [1.29, 1.82) is 0 Å². The number of carbonyl (C=O) groups excluding carboxylic acids is 2. The van der Waals surface area contributed by atoms with E-state index in [0.717, 1.165) is 37.0 Å². The van der Waals surface area contributed by atoms with Crippen LogP contribution in [0.3, 0.4) is 0 Å². The molecule has 2 saturated heterocycles. The minimum Gasteiger partial charge on any atom is -0.389 e. The van der Waals surface area contributed by atoms with E-state index in [2.05, 4.69) is 24.1 Å². The van der Waals surface area contributed by atoms with Gasteiger partial charge in [-0.15, -0.1) is 0 Å². The van der Waals surface area contributed by atoms with E-state index in [1.165, 1.54) is 0 Å². The van der Waals surface area contributed by atoms with Gasteiger partial charge in [-0.25, -0.2) is 4.98 Å². The van der Waals surface area contributed by atoms with Gasteiger partial charge in [-0.05, 0) is 62.9 Å². The summed E-state index contributed by atoms with van der Waals surface area (Å²) in [6, 6.07) is 13.8. The summed E-state index contributed by atoms with van der Waals surface area (Å²) in [6.45, 7) is 7.46. The van der Waals surface area contributed by atoms with Gasteiger partial charge < -0.3 is 24.8 Å². The average molecular weight is 524 g/mol. The fourth-order valence-electron chi connectivity index (χ4n) is 5.21. The molecular weight excluding hydrogens is 490 g/mol. The van der Waals surface area contributed by atoms with Gasteiger partial charge in [0.1, 0.15) is 5.52 Å². The van der Waals surface area contributed by atoms with Crippen LogP contribution in [-0.2, 0) is 13.0 Å². The molecular formula is C28H34ClN5O3. The van der Waals surface area contributed by atoms with Crippen LogP contribution in [0.1, 0.15) is 53.2 Å². The number of fused-ring (bicyclic) bond motifs is 1. The zero-order chi connectivity index (χ0) is 26.1. The number of benzene rings is 2. The van der Waals surface area contributed by atoms with Crippen molar-refractivity contribution in [2.75, 3.05) is 26.2 Å². The summed E-state index contributed by atoms with van der Waals surface area (Å²) in [6.07, 6.45) is 2.00. The second-order valence-corrected chi connectivity index (χ2v) is 10.8. The number of hydrogen-bond acceptors (Lipinski definition) is 5. The molecule has 37 heavy (non-hydrogen) atoms. The molecule has 1 aromatic heterocycles.